The summed E-state index contributed by atoms with van der Waals surface area (Å²) in [6, 6.07) is 5.85. The Morgan fingerprint density at radius 3 is 2.58 bits per heavy atom. The molecule has 0 atom stereocenters. The number of halogens is 3. The van der Waals surface area contributed by atoms with E-state index in [0.29, 0.717) is 16.8 Å². The molecule has 2 heterocycles. The van der Waals surface area contributed by atoms with E-state index in [2.05, 4.69) is 20.0 Å². The molecule has 0 aliphatic heterocycles. The van der Waals surface area contributed by atoms with E-state index in [1.807, 2.05) is 0 Å². The smallest absolute Gasteiger partial charge is 0.422 e. The number of aromatic nitrogens is 2. The molecule has 6 nitrogen and oxygen atoms in total. The molecule has 2 aromatic heterocycles. The van der Waals surface area contributed by atoms with Crippen molar-refractivity contribution >= 4 is 11.7 Å². The zero-order chi connectivity index (χ0) is 19.2. The second-order valence-electron chi connectivity index (χ2n) is 5.51. The van der Waals surface area contributed by atoms with Crippen LogP contribution in [0.1, 0.15) is 28.5 Å². The van der Waals surface area contributed by atoms with Gasteiger partial charge in [-0.1, -0.05) is 6.07 Å². The summed E-state index contributed by atoms with van der Waals surface area (Å²) in [6.07, 6.45) is -1.52. The molecule has 1 N–H and O–H groups in total. The van der Waals surface area contributed by atoms with E-state index in [-0.39, 0.29) is 30.5 Å². The lowest BCUT2D eigenvalue weighted by Gasteiger charge is -2.09. The predicted molar refractivity (Wildman–Crippen MR) is 85.6 cm³/mol. The molecular weight excluding hydrogens is 351 g/mol. The second kappa shape index (κ2) is 8.41. The molecule has 0 spiro atoms. The Labute approximate surface area is 147 Å². The molecule has 0 saturated heterocycles. The number of nitrogens with one attached hydrogen (secondary N) is 1. The summed E-state index contributed by atoms with van der Waals surface area (Å²) in [4.78, 5) is 31.0. The molecule has 0 radical (unpaired) electrons. The minimum absolute atomic E-state index is 0.0611. The third-order valence-electron chi connectivity index (χ3n) is 3.14. The molecule has 2 rings (SSSR count). The van der Waals surface area contributed by atoms with E-state index >= 15 is 0 Å². The molecule has 9 heteroatoms. The summed E-state index contributed by atoms with van der Waals surface area (Å²) in [6.45, 7) is 0.153. The van der Waals surface area contributed by atoms with Gasteiger partial charge in [0.1, 0.15) is 5.78 Å². The van der Waals surface area contributed by atoms with Gasteiger partial charge in [-0.15, -0.1) is 0 Å². The van der Waals surface area contributed by atoms with Crippen LogP contribution >= 0.6 is 0 Å². The highest BCUT2D eigenvalue weighted by molar-refractivity contribution is 5.94. The van der Waals surface area contributed by atoms with E-state index < -0.39 is 12.8 Å². The molecule has 138 valence electrons. The SMILES string of the molecule is CC(=O)Cc1cc(C(=O)NCc2ccc(OCC(F)(F)F)nc2)ccn1. The lowest BCUT2D eigenvalue weighted by molar-refractivity contribution is -0.154. The molecule has 26 heavy (non-hydrogen) atoms. The highest BCUT2D eigenvalue weighted by atomic mass is 19.4. The molecule has 0 saturated carbocycles. The number of hydrogen-bond acceptors (Lipinski definition) is 5. The molecule has 0 fully saturated rings. The van der Waals surface area contributed by atoms with Gasteiger partial charge in [0.15, 0.2) is 6.61 Å². The van der Waals surface area contributed by atoms with Gasteiger partial charge in [0, 0.05) is 42.7 Å². The Hall–Kier alpha value is -2.97. The van der Waals surface area contributed by atoms with E-state index in [9.17, 15) is 22.8 Å². The van der Waals surface area contributed by atoms with E-state index in [0.717, 1.165) is 0 Å². The Morgan fingerprint density at radius 1 is 1.19 bits per heavy atom. The van der Waals surface area contributed by atoms with Gasteiger partial charge in [-0.05, 0) is 24.6 Å². The maximum absolute atomic E-state index is 12.1. The molecule has 0 unspecified atom stereocenters. The topological polar surface area (TPSA) is 81.2 Å². The average Bonchev–Trinajstić information content (AvgIpc) is 2.58. The first kappa shape index (κ1) is 19.4. The first-order valence-electron chi connectivity index (χ1n) is 7.60. The number of carbonyl (C=O) groups excluding carboxylic acids is 2. The van der Waals surface area contributed by atoms with E-state index in [1.165, 1.54) is 43.6 Å². The van der Waals surface area contributed by atoms with Crippen molar-refractivity contribution in [2.75, 3.05) is 6.61 Å². The first-order valence-corrected chi connectivity index (χ1v) is 7.60. The Morgan fingerprint density at radius 2 is 1.96 bits per heavy atom. The Balaban J connectivity index is 1.90. The zero-order valence-corrected chi connectivity index (χ0v) is 13.8. The maximum Gasteiger partial charge on any atom is 0.422 e. The number of nitrogens with zero attached hydrogens (tertiary/aromatic N) is 2. The summed E-state index contributed by atoms with van der Waals surface area (Å²) >= 11 is 0. The fourth-order valence-electron chi connectivity index (χ4n) is 2.01. The van der Waals surface area contributed by atoms with Gasteiger partial charge >= 0.3 is 6.18 Å². The number of ketones is 1. The fraction of sp³-hybridized carbons (Fsp3) is 0.294. The van der Waals surface area contributed by atoms with Crippen LogP contribution in [0, 0.1) is 0 Å². The highest BCUT2D eigenvalue weighted by Gasteiger charge is 2.28. The van der Waals surface area contributed by atoms with Crippen molar-refractivity contribution < 1.29 is 27.5 Å². The number of hydrogen-bond donors (Lipinski definition) is 1. The van der Waals surface area contributed by atoms with Gasteiger partial charge in [-0.2, -0.15) is 13.2 Å². The standard InChI is InChI=1S/C17H16F3N3O3/c1-11(24)6-14-7-13(4-5-21-14)16(25)23-9-12-2-3-15(22-8-12)26-10-17(18,19)20/h2-5,7-8H,6,9-10H2,1H3,(H,23,25). The van der Waals surface area contributed by atoms with E-state index in [1.54, 1.807) is 0 Å². The molecule has 1 amide bonds. The minimum atomic E-state index is -4.43. The number of pyridine rings is 2. The van der Waals surface area contributed by atoms with Crippen molar-refractivity contribution in [2.24, 2.45) is 0 Å². The molecule has 0 aliphatic rings. The van der Waals surface area contributed by atoms with Crippen LogP contribution in [0.5, 0.6) is 5.88 Å². The minimum Gasteiger partial charge on any atom is -0.468 e. The van der Waals surface area contributed by atoms with Crippen LogP contribution in [0.4, 0.5) is 13.2 Å². The Bertz CT molecular complexity index is 777. The normalized spacial score (nSPS) is 11.1. The molecule has 0 bridgehead atoms. The molecular formula is C17H16F3N3O3. The quantitative estimate of drug-likeness (QED) is 0.813. The number of carbonyl (C=O) groups is 2. The predicted octanol–water partition coefficient (Wildman–Crippen LogP) is 2.48. The number of Topliss-reactive ketones (excluding diaryl/α,β-unsaturated/α-hetero) is 1. The summed E-state index contributed by atoms with van der Waals surface area (Å²) in [5, 5.41) is 2.66. The summed E-state index contributed by atoms with van der Waals surface area (Å²) < 4.78 is 40.7. The number of alkyl halides is 3. The lowest BCUT2D eigenvalue weighted by Crippen LogP contribution is -2.23. The lowest BCUT2D eigenvalue weighted by atomic mass is 10.1. The van der Waals surface area contributed by atoms with Crippen LogP contribution in [0.2, 0.25) is 0 Å². The zero-order valence-electron chi connectivity index (χ0n) is 13.8. The van der Waals surface area contributed by atoms with Crippen LogP contribution in [0.15, 0.2) is 36.7 Å². The number of amides is 1. The maximum atomic E-state index is 12.1. The number of ether oxygens (including phenoxy) is 1. The van der Waals surface area contributed by atoms with Gasteiger partial charge < -0.3 is 10.1 Å². The molecule has 2 aromatic rings. The third kappa shape index (κ3) is 6.50. The van der Waals surface area contributed by atoms with Gasteiger partial charge in [-0.3, -0.25) is 14.6 Å². The van der Waals surface area contributed by atoms with Crippen LogP contribution in [-0.2, 0) is 17.8 Å². The van der Waals surface area contributed by atoms with E-state index in [4.69, 9.17) is 0 Å². The van der Waals surface area contributed by atoms with Crippen molar-refractivity contribution in [3.63, 3.8) is 0 Å². The van der Waals surface area contributed by atoms with Crippen molar-refractivity contribution in [2.45, 2.75) is 26.1 Å². The molecule has 0 aromatic carbocycles. The van der Waals surface area contributed by atoms with Crippen LogP contribution in [-0.4, -0.2) is 34.4 Å². The van der Waals surface area contributed by atoms with Crippen LogP contribution < -0.4 is 10.1 Å². The summed E-state index contributed by atoms with van der Waals surface area (Å²) in [5.74, 6) is -0.580. The Kier molecular flexibility index (Phi) is 6.26. The number of rotatable bonds is 7. The first-order chi connectivity index (χ1) is 12.2. The monoisotopic (exact) mass is 367 g/mol. The van der Waals surface area contributed by atoms with Gasteiger partial charge in [0.25, 0.3) is 5.91 Å². The van der Waals surface area contributed by atoms with Crippen molar-refractivity contribution in [1.29, 1.82) is 0 Å². The highest BCUT2D eigenvalue weighted by Crippen LogP contribution is 2.17. The van der Waals surface area contributed by atoms with Gasteiger partial charge in [0.05, 0.1) is 0 Å². The van der Waals surface area contributed by atoms with Crippen molar-refractivity contribution in [3.05, 3.63) is 53.5 Å². The second-order valence-corrected chi connectivity index (χ2v) is 5.51. The summed E-state index contributed by atoms with van der Waals surface area (Å²) in [7, 11) is 0. The van der Waals surface area contributed by atoms with Gasteiger partial charge in [-0.25, -0.2) is 4.98 Å². The average molecular weight is 367 g/mol. The molecule has 0 aliphatic carbocycles. The third-order valence-corrected chi connectivity index (χ3v) is 3.14. The van der Waals surface area contributed by atoms with Crippen LogP contribution in [0.25, 0.3) is 0 Å². The largest absolute Gasteiger partial charge is 0.468 e. The van der Waals surface area contributed by atoms with Crippen molar-refractivity contribution in [3.8, 4) is 5.88 Å². The van der Waals surface area contributed by atoms with Crippen molar-refractivity contribution in [1.82, 2.24) is 15.3 Å². The van der Waals surface area contributed by atoms with Crippen LogP contribution in [0.3, 0.4) is 0 Å². The fourth-order valence-corrected chi connectivity index (χ4v) is 2.01. The summed E-state index contributed by atoms with van der Waals surface area (Å²) in [5.41, 5.74) is 1.45. The van der Waals surface area contributed by atoms with Gasteiger partial charge in [0.2, 0.25) is 5.88 Å².